The molecule has 2 aliphatic rings. The first-order chi connectivity index (χ1) is 11.0. The van der Waals surface area contributed by atoms with Crippen LogP contribution in [0.4, 0.5) is 11.4 Å². The van der Waals surface area contributed by atoms with Crippen molar-refractivity contribution in [2.75, 3.05) is 5.73 Å². The first-order valence-electron chi connectivity index (χ1n) is 8.47. The summed E-state index contributed by atoms with van der Waals surface area (Å²) in [6.07, 6.45) is 8.33. The van der Waals surface area contributed by atoms with Crippen LogP contribution in [-0.2, 0) is 0 Å². The number of rotatable bonds is 4. The van der Waals surface area contributed by atoms with Crippen LogP contribution in [0.25, 0.3) is 0 Å². The quantitative estimate of drug-likeness (QED) is 0.485. The van der Waals surface area contributed by atoms with Crippen molar-refractivity contribution >= 4 is 36.1 Å². The molecule has 120 valence electrons. The molecule has 1 aliphatic carbocycles. The summed E-state index contributed by atoms with van der Waals surface area (Å²) < 4.78 is 0. The highest BCUT2D eigenvalue weighted by molar-refractivity contribution is 7.03. The molecule has 1 atom stereocenters. The van der Waals surface area contributed by atoms with E-state index in [9.17, 15) is 0 Å². The summed E-state index contributed by atoms with van der Waals surface area (Å²) in [5.74, 6) is 0. The molecule has 0 saturated carbocycles. The minimum atomic E-state index is -1.98. The number of benzene rings is 1. The molecule has 4 heteroatoms. The van der Waals surface area contributed by atoms with Gasteiger partial charge in [0.1, 0.15) is 8.07 Å². The van der Waals surface area contributed by atoms with Gasteiger partial charge in [0.15, 0.2) is 0 Å². The van der Waals surface area contributed by atoms with Gasteiger partial charge < -0.3 is 11.1 Å². The lowest BCUT2D eigenvalue weighted by atomic mass is 10.1. The zero-order valence-electron chi connectivity index (χ0n) is 14.2. The highest BCUT2D eigenvalue weighted by Crippen LogP contribution is 2.41. The molecule has 3 N–H and O–H groups in total. The largest absolute Gasteiger partial charge is 0.399 e. The molecule has 0 radical (unpaired) electrons. The normalized spacial score (nSPS) is 22.5. The maximum Gasteiger partial charge on any atom is 0.126 e. The van der Waals surface area contributed by atoms with Crippen LogP contribution in [0.1, 0.15) is 33.6 Å². The van der Waals surface area contributed by atoms with Crippen LogP contribution in [0.15, 0.2) is 46.6 Å². The van der Waals surface area contributed by atoms with Gasteiger partial charge in [0, 0.05) is 5.69 Å². The standard InChI is InChI=1S/C19H25N3Si/c1-4-5-10-23(13(2)3)18-11-14(20)6-8-16(18)22-17-9-7-15(21)12-19(17)23/h6-9,11-13,20H,4-5,10,21H2,1-3H3. The summed E-state index contributed by atoms with van der Waals surface area (Å²) in [5.41, 5.74) is 10.2. The van der Waals surface area contributed by atoms with E-state index in [1.165, 1.54) is 29.3 Å². The fourth-order valence-electron chi connectivity index (χ4n) is 3.91. The second kappa shape index (κ2) is 5.93. The molecule has 1 aliphatic heterocycles. The van der Waals surface area contributed by atoms with Gasteiger partial charge >= 0.3 is 0 Å². The third-order valence-corrected chi connectivity index (χ3v) is 11.0. The van der Waals surface area contributed by atoms with E-state index in [1.54, 1.807) is 0 Å². The number of nitrogens with two attached hydrogens (primary N) is 1. The zero-order valence-corrected chi connectivity index (χ0v) is 15.2. The van der Waals surface area contributed by atoms with Crippen molar-refractivity contribution in [1.82, 2.24) is 0 Å². The number of unbranched alkanes of at least 4 members (excludes halogenated alkanes) is 1. The number of aliphatic imine (C=N–C) groups is 1. The minimum Gasteiger partial charge on any atom is -0.399 e. The Morgan fingerprint density at radius 2 is 2.04 bits per heavy atom. The van der Waals surface area contributed by atoms with Crippen LogP contribution in [0, 0.1) is 5.41 Å². The van der Waals surface area contributed by atoms with E-state index in [4.69, 9.17) is 16.1 Å². The van der Waals surface area contributed by atoms with Gasteiger partial charge in [-0.2, -0.15) is 0 Å². The molecular weight excluding hydrogens is 298 g/mol. The van der Waals surface area contributed by atoms with Gasteiger partial charge in [0.25, 0.3) is 0 Å². The summed E-state index contributed by atoms with van der Waals surface area (Å²) in [4.78, 5) is 4.87. The van der Waals surface area contributed by atoms with Crippen LogP contribution in [0.2, 0.25) is 11.6 Å². The molecule has 0 fully saturated rings. The molecule has 0 spiro atoms. The van der Waals surface area contributed by atoms with Gasteiger partial charge in [0.2, 0.25) is 0 Å². The topological polar surface area (TPSA) is 62.2 Å². The summed E-state index contributed by atoms with van der Waals surface area (Å²) in [5, 5.41) is 10.8. The number of anilines is 1. The monoisotopic (exact) mass is 323 g/mol. The van der Waals surface area contributed by atoms with E-state index in [1.807, 2.05) is 18.2 Å². The second-order valence-electron chi connectivity index (χ2n) is 6.85. The lowest BCUT2D eigenvalue weighted by Gasteiger charge is -2.42. The number of hydrogen-bond acceptors (Lipinski definition) is 3. The Hall–Kier alpha value is -1.94. The molecule has 1 aromatic rings. The molecule has 0 aromatic heterocycles. The van der Waals surface area contributed by atoms with Crippen molar-refractivity contribution < 1.29 is 0 Å². The van der Waals surface area contributed by atoms with Crippen molar-refractivity contribution in [3.05, 3.63) is 41.6 Å². The highest BCUT2D eigenvalue weighted by Gasteiger charge is 2.47. The third kappa shape index (κ3) is 2.51. The molecule has 23 heavy (non-hydrogen) atoms. The lowest BCUT2D eigenvalue weighted by molar-refractivity contribution is 0.851. The molecule has 3 nitrogen and oxygen atoms in total. The zero-order chi connectivity index (χ0) is 16.6. The number of allylic oxidation sites excluding steroid dienone is 4. The molecular formula is C19H25N3Si. The molecule has 0 saturated heterocycles. The lowest BCUT2D eigenvalue weighted by Crippen LogP contribution is -2.56. The van der Waals surface area contributed by atoms with Crippen LogP contribution in [0.3, 0.4) is 0 Å². The van der Waals surface area contributed by atoms with Gasteiger partial charge in [-0.25, -0.2) is 4.99 Å². The second-order valence-corrected chi connectivity index (χ2v) is 11.5. The Kier molecular flexibility index (Phi) is 4.11. The fourth-order valence-corrected chi connectivity index (χ4v) is 9.50. The highest BCUT2D eigenvalue weighted by atomic mass is 28.3. The number of nitrogen functional groups attached to an aromatic ring is 1. The Labute approximate surface area is 139 Å². The van der Waals surface area contributed by atoms with E-state index >= 15 is 0 Å². The Balaban J connectivity index is 2.30. The molecule has 3 rings (SSSR count). The number of nitrogens with zero attached hydrogens (tertiary/aromatic N) is 1. The summed E-state index contributed by atoms with van der Waals surface area (Å²) in [6.45, 7) is 6.92. The van der Waals surface area contributed by atoms with Gasteiger partial charge in [0.05, 0.1) is 17.1 Å². The minimum absolute atomic E-state index is 0.547. The van der Waals surface area contributed by atoms with E-state index in [0.717, 1.165) is 17.1 Å². The first-order valence-corrected chi connectivity index (χ1v) is 10.8. The molecule has 0 bridgehead atoms. The van der Waals surface area contributed by atoms with Gasteiger partial charge in [-0.05, 0) is 58.4 Å². The smallest absolute Gasteiger partial charge is 0.126 e. The van der Waals surface area contributed by atoms with Crippen molar-refractivity contribution in [3.8, 4) is 0 Å². The van der Waals surface area contributed by atoms with Crippen molar-refractivity contribution in [2.45, 2.75) is 45.2 Å². The van der Waals surface area contributed by atoms with E-state index in [2.05, 4.69) is 39.0 Å². The van der Waals surface area contributed by atoms with Crippen LogP contribution in [-0.4, -0.2) is 19.5 Å². The van der Waals surface area contributed by atoms with Crippen LogP contribution >= 0.6 is 0 Å². The third-order valence-electron chi connectivity index (χ3n) is 5.13. The Bertz CT molecular complexity index is 743. The average Bonchev–Trinajstić information content (AvgIpc) is 2.52. The molecule has 0 amide bonds. The van der Waals surface area contributed by atoms with Crippen LogP contribution < -0.4 is 10.9 Å². The summed E-state index contributed by atoms with van der Waals surface area (Å²) in [7, 11) is -1.98. The van der Waals surface area contributed by atoms with Crippen molar-refractivity contribution in [3.63, 3.8) is 0 Å². The molecule has 1 aromatic carbocycles. The molecule has 1 unspecified atom stereocenters. The SMILES string of the molecule is CCCC[Si]1(C(C)C)C2=CC(=N)C=CC2=Nc2ccc(N)cc21. The van der Waals surface area contributed by atoms with Gasteiger partial charge in [-0.15, -0.1) is 0 Å². The van der Waals surface area contributed by atoms with Gasteiger partial charge in [-0.3, -0.25) is 0 Å². The maximum atomic E-state index is 8.11. The van der Waals surface area contributed by atoms with E-state index in [-0.39, 0.29) is 0 Å². The number of fused-ring (bicyclic) bond motifs is 2. The summed E-state index contributed by atoms with van der Waals surface area (Å²) >= 11 is 0. The first kappa shape index (κ1) is 15.9. The van der Waals surface area contributed by atoms with E-state index < -0.39 is 8.07 Å². The predicted octanol–water partition coefficient (Wildman–Crippen LogP) is 4.28. The Morgan fingerprint density at radius 3 is 2.74 bits per heavy atom. The van der Waals surface area contributed by atoms with Crippen LogP contribution in [0.5, 0.6) is 0 Å². The predicted molar refractivity (Wildman–Crippen MR) is 103 cm³/mol. The number of nitrogens with one attached hydrogen (secondary N) is 1. The van der Waals surface area contributed by atoms with Crippen molar-refractivity contribution in [1.29, 1.82) is 5.41 Å². The maximum absolute atomic E-state index is 8.11. The number of hydrogen-bond donors (Lipinski definition) is 2. The Morgan fingerprint density at radius 1 is 1.26 bits per heavy atom. The van der Waals surface area contributed by atoms with Crippen molar-refractivity contribution in [2.24, 2.45) is 4.99 Å². The average molecular weight is 324 g/mol. The van der Waals surface area contributed by atoms with Gasteiger partial charge in [-0.1, -0.05) is 33.6 Å². The molecule has 1 heterocycles. The summed E-state index contributed by atoms with van der Waals surface area (Å²) in [6, 6.07) is 7.37. The fraction of sp³-hybridized carbons (Fsp3) is 0.368. The van der Waals surface area contributed by atoms with E-state index in [0.29, 0.717) is 11.3 Å².